The van der Waals surface area contributed by atoms with Crippen LogP contribution < -0.4 is 20.1 Å². The highest BCUT2D eigenvalue weighted by molar-refractivity contribution is 14.0. The number of aliphatic hydroxyl groups excluding tert-OH is 1. The van der Waals surface area contributed by atoms with Crippen LogP contribution in [0.5, 0.6) is 11.5 Å². The first-order valence-electron chi connectivity index (χ1n) is 11.0. The maximum atomic E-state index is 10.4. The number of methoxy groups -OCH3 is 2. The normalized spacial score (nSPS) is 12.2. The smallest absolute Gasteiger partial charge is 0.191 e. The summed E-state index contributed by atoms with van der Waals surface area (Å²) < 4.78 is 10.8. The van der Waals surface area contributed by atoms with Crippen molar-refractivity contribution < 1.29 is 14.6 Å². The molecule has 1 unspecified atom stereocenters. The number of aromatic nitrogens is 1. The lowest BCUT2D eigenvalue weighted by Crippen LogP contribution is -2.38. The zero-order valence-electron chi connectivity index (χ0n) is 19.8. The molecule has 33 heavy (non-hydrogen) atoms. The van der Waals surface area contributed by atoms with Crippen LogP contribution in [0.4, 0.5) is 0 Å². The Kier molecular flexibility index (Phi) is 10.8. The fourth-order valence-corrected chi connectivity index (χ4v) is 3.56. The maximum absolute atomic E-state index is 10.4. The molecule has 0 fully saturated rings. The Bertz CT molecular complexity index is 1030. The number of aryl methyl sites for hydroxylation is 2. The largest absolute Gasteiger partial charge is 0.497 e. The van der Waals surface area contributed by atoms with E-state index in [2.05, 4.69) is 26.7 Å². The van der Waals surface area contributed by atoms with E-state index < -0.39 is 6.10 Å². The lowest BCUT2D eigenvalue weighted by atomic mass is 10.1. The van der Waals surface area contributed by atoms with Crippen molar-refractivity contribution in [2.24, 2.45) is 4.99 Å². The number of hydrogen-bond acceptors (Lipinski definition) is 4. The standard InChI is InChI=1S/C25H34N4O3.HI/c1-5-26-25(28-16-23(30)18-10-8-17(2)9-11-18)27-12-6-7-19-13-21-22(29-19)14-20(31-3)15-24(21)32-4;/h8-11,13-15,23,29-30H,5-7,12,16H2,1-4H3,(H2,26,27,28);1H. The van der Waals surface area contributed by atoms with Gasteiger partial charge >= 0.3 is 0 Å². The van der Waals surface area contributed by atoms with Crippen LogP contribution >= 0.6 is 24.0 Å². The van der Waals surface area contributed by atoms with Gasteiger partial charge in [-0.15, -0.1) is 24.0 Å². The summed E-state index contributed by atoms with van der Waals surface area (Å²) in [6.45, 7) is 5.89. The van der Waals surface area contributed by atoms with Gasteiger partial charge in [0.05, 0.1) is 32.4 Å². The SMILES string of the molecule is CCNC(=NCC(O)c1ccc(C)cc1)NCCCc1cc2c(OC)cc(OC)cc2[nH]1.I. The van der Waals surface area contributed by atoms with E-state index >= 15 is 0 Å². The molecule has 0 saturated heterocycles. The first-order valence-corrected chi connectivity index (χ1v) is 11.0. The number of guanidine groups is 1. The molecular weight excluding hydrogens is 531 g/mol. The first kappa shape index (κ1) is 26.8. The van der Waals surface area contributed by atoms with Gasteiger partial charge < -0.3 is 30.2 Å². The second-order valence-corrected chi connectivity index (χ2v) is 7.76. The number of benzene rings is 2. The van der Waals surface area contributed by atoms with Gasteiger partial charge in [0.1, 0.15) is 11.5 Å². The Morgan fingerprint density at radius 1 is 1.09 bits per heavy atom. The van der Waals surface area contributed by atoms with E-state index in [9.17, 15) is 5.11 Å². The summed E-state index contributed by atoms with van der Waals surface area (Å²) in [7, 11) is 3.32. The molecule has 0 aliphatic heterocycles. The van der Waals surface area contributed by atoms with Gasteiger partial charge in [0.15, 0.2) is 5.96 Å². The van der Waals surface area contributed by atoms with Crippen LogP contribution in [0.25, 0.3) is 10.9 Å². The molecule has 0 aliphatic carbocycles. The van der Waals surface area contributed by atoms with E-state index in [-0.39, 0.29) is 24.0 Å². The van der Waals surface area contributed by atoms with Crippen molar-refractivity contribution in [3.8, 4) is 11.5 Å². The lowest BCUT2D eigenvalue weighted by molar-refractivity contribution is 0.187. The summed E-state index contributed by atoms with van der Waals surface area (Å²) in [4.78, 5) is 7.99. The number of H-pyrrole nitrogens is 1. The predicted molar refractivity (Wildman–Crippen MR) is 145 cm³/mol. The Balaban J connectivity index is 0.00000385. The van der Waals surface area contributed by atoms with Crippen LogP contribution in [-0.4, -0.2) is 49.9 Å². The van der Waals surface area contributed by atoms with Gasteiger partial charge in [-0.1, -0.05) is 29.8 Å². The van der Waals surface area contributed by atoms with Crippen molar-refractivity contribution in [2.75, 3.05) is 33.9 Å². The Morgan fingerprint density at radius 3 is 2.52 bits per heavy atom. The van der Waals surface area contributed by atoms with E-state index in [1.54, 1.807) is 14.2 Å². The Labute approximate surface area is 213 Å². The van der Waals surface area contributed by atoms with Crippen molar-refractivity contribution in [3.63, 3.8) is 0 Å². The topological polar surface area (TPSA) is 90.9 Å². The fraction of sp³-hybridized carbons (Fsp3) is 0.400. The van der Waals surface area contributed by atoms with Gasteiger partial charge in [0.25, 0.3) is 0 Å². The summed E-state index contributed by atoms with van der Waals surface area (Å²) in [6, 6.07) is 13.9. The number of ether oxygens (including phenoxy) is 2. The average Bonchev–Trinajstić information content (AvgIpc) is 3.22. The summed E-state index contributed by atoms with van der Waals surface area (Å²) in [6.07, 6.45) is 1.19. The molecule has 0 aliphatic rings. The molecule has 8 heteroatoms. The Morgan fingerprint density at radius 2 is 1.85 bits per heavy atom. The first-order chi connectivity index (χ1) is 15.5. The zero-order valence-corrected chi connectivity index (χ0v) is 22.1. The summed E-state index contributed by atoms with van der Waals surface area (Å²) in [5.74, 6) is 2.28. The predicted octanol–water partition coefficient (Wildman–Crippen LogP) is 4.33. The maximum Gasteiger partial charge on any atom is 0.191 e. The highest BCUT2D eigenvalue weighted by Gasteiger charge is 2.10. The van der Waals surface area contributed by atoms with Crippen LogP contribution in [0, 0.1) is 6.92 Å². The molecule has 3 rings (SSSR count). The number of hydrogen-bond donors (Lipinski definition) is 4. The molecule has 0 spiro atoms. The lowest BCUT2D eigenvalue weighted by Gasteiger charge is -2.13. The van der Waals surface area contributed by atoms with E-state index in [0.717, 1.165) is 59.6 Å². The van der Waals surface area contributed by atoms with E-state index in [1.165, 1.54) is 5.56 Å². The molecule has 3 aromatic rings. The van der Waals surface area contributed by atoms with Gasteiger partial charge in [0, 0.05) is 36.3 Å². The van der Waals surface area contributed by atoms with Crippen molar-refractivity contribution in [2.45, 2.75) is 32.8 Å². The van der Waals surface area contributed by atoms with Crippen molar-refractivity contribution in [1.82, 2.24) is 15.6 Å². The number of fused-ring (bicyclic) bond motifs is 1. The minimum Gasteiger partial charge on any atom is -0.497 e. The van der Waals surface area contributed by atoms with E-state index in [4.69, 9.17) is 9.47 Å². The molecule has 1 aromatic heterocycles. The van der Waals surface area contributed by atoms with Crippen LogP contribution in [-0.2, 0) is 6.42 Å². The quantitative estimate of drug-likeness (QED) is 0.127. The van der Waals surface area contributed by atoms with Crippen LogP contribution in [0.3, 0.4) is 0 Å². The van der Waals surface area contributed by atoms with Gasteiger partial charge in [-0.05, 0) is 38.3 Å². The average molecular weight is 566 g/mol. The molecule has 7 nitrogen and oxygen atoms in total. The van der Waals surface area contributed by atoms with Crippen molar-refractivity contribution in [3.05, 3.63) is 59.3 Å². The number of nitrogens with zero attached hydrogens (tertiary/aromatic N) is 1. The van der Waals surface area contributed by atoms with Crippen LogP contribution in [0.1, 0.15) is 36.3 Å². The number of rotatable bonds is 10. The van der Waals surface area contributed by atoms with Crippen molar-refractivity contribution in [1.29, 1.82) is 0 Å². The van der Waals surface area contributed by atoms with E-state index in [1.807, 2.05) is 50.2 Å². The third-order valence-electron chi connectivity index (χ3n) is 5.33. The van der Waals surface area contributed by atoms with Crippen molar-refractivity contribution >= 4 is 40.8 Å². The van der Waals surface area contributed by atoms with Crippen LogP contribution in [0.2, 0.25) is 0 Å². The molecule has 0 radical (unpaired) electrons. The van der Waals surface area contributed by atoms with Crippen LogP contribution in [0.15, 0.2) is 47.5 Å². The molecule has 0 amide bonds. The molecule has 4 N–H and O–H groups in total. The third-order valence-corrected chi connectivity index (χ3v) is 5.33. The second kappa shape index (κ2) is 13.3. The highest BCUT2D eigenvalue weighted by Crippen LogP contribution is 2.31. The molecular formula is C25H35IN4O3. The summed E-state index contributed by atoms with van der Waals surface area (Å²) >= 11 is 0. The molecule has 2 aromatic carbocycles. The summed E-state index contributed by atoms with van der Waals surface area (Å²) in [5.41, 5.74) is 4.20. The number of aliphatic imine (C=N–C) groups is 1. The number of halogens is 1. The number of aliphatic hydroxyl groups is 1. The van der Waals surface area contributed by atoms with Gasteiger partial charge in [-0.3, -0.25) is 4.99 Å². The van der Waals surface area contributed by atoms with E-state index in [0.29, 0.717) is 12.5 Å². The monoisotopic (exact) mass is 566 g/mol. The fourth-order valence-electron chi connectivity index (χ4n) is 3.56. The molecule has 180 valence electrons. The minimum atomic E-state index is -0.621. The summed E-state index contributed by atoms with van der Waals surface area (Å²) in [5, 5.41) is 18.1. The molecule has 1 atom stereocenters. The molecule has 1 heterocycles. The number of nitrogens with one attached hydrogen (secondary N) is 3. The highest BCUT2D eigenvalue weighted by atomic mass is 127. The van der Waals surface area contributed by atoms with Gasteiger partial charge in [0.2, 0.25) is 0 Å². The molecule has 0 bridgehead atoms. The number of aromatic amines is 1. The third kappa shape index (κ3) is 7.53. The Hall–Kier alpha value is -2.46. The minimum absolute atomic E-state index is 0. The van der Waals surface area contributed by atoms with Gasteiger partial charge in [-0.25, -0.2) is 0 Å². The zero-order chi connectivity index (χ0) is 22.9. The van der Waals surface area contributed by atoms with Gasteiger partial charge in [-0.2, -0.15) is 0 Å². The molecule has 0 saturated carbocycles. The second-order valence-electron chi connectivity index (χ2n) is 7.76.